The van der Waals surface area contributed by atoms with Gasteiger partial charge in [-0.1, -0.05) is 120 Å². The summed E-state index contributed by atoms with van der Waals surface area (Å²) in [4.78, 5) is 6.21. The molecule has 0 nitrogen and oxygen atoms in total. The van der Waals surface area contributed by atoms with Crippen molar-refractivity contribution in [1.82, 2.24) is 0 Å². The molecule has 0 aliphatic rings. The van der Waals surface area contributed by atoms with Crippen LogP contribution in [0, 0.1) is 5.92 Å². The SMILES string of the molecule is CCCCC(CC)Cc1ccc(C(C)(C)C)s1.CCCCCCCCc1ccc(C(C)(C)C)s1. The highest BCUT2D eigenvalue weighted by molar-refractivity contribution is 7.12. The van der Waals surface area contributed by atoms with Crippen LogP contribution in [-0.4, -0.2) is 0 Å². The van der Waals surface area contributed by atoms with Gasteiger partial charge in [0.05, 0.1) is 0 Å². The Morgan fingerprint density at radius 2 is 1.12 bits per heavy atom. The van der Waals surface area contributed by atoms with Gasteiger partial charge in [0.2, 0.25) is 0 Å². The third kappa shape index (κ3) is 12.9. The molecule has 1 unspecified atom stereocenters. The minimum atomic E-state index is 0.314. The quantitative estimate of drug-likeness (QED) is 0.238. The first kappa shape index (κ1) is 31.4. The van der Waals surface area contributed by atoms with Crippen molar-refractivity contribution in [2.75, 3.05) is 0 Å². The molecule has 0 spiro atoms. The molecule has 196 valence electrons. The number of hydrogen-bond acceptors (Lipinski definition) is 2. The Morgan fingerprint density at radius 1 is 0.618 bits per heavy atom. The van der Waals surface area contributed by atoms with Gasteiger partial charge in [-0.3, -0.25) is 0 Å². The van der Waals surface area contributed by atoms with E-state index in [9.17, 15) is 0 Å². The van der Waals surface area contributed by atoms with Gasteiger partial charge in [-0.25, -0.2) is 0 Å². The molecule has 0 amide bonds. The lowest BCUT2D eigenvalue weighted by atomic mass is 9.94. The molecule has 2 heterocycles. The highest BCUT2D eigenvalue weighted by Gasteiger charge is 2.17. The molecule has 2 aromatic rings. The maximum atomic E-state index is 2.35. The zero-order valence-corrected chi connectivity index (χ0v) is 25.8. The van der Waals surface area contributed by atoms with Crippen LogP contribution in [0.15, 0.2) is 24.3 Å². The summed E-state index contributed by atoms with van der Waals surface area (Å²) in [7, 11) is 0. The number of rotatable bonds is 13. The number of hydrogen-bond donors (Lipinski definition) is 0. The Balaban J connectivity index is 0.000000340. The molecular formula is C32H56S2. The fourth-order valence-corrected chi connectivity index (χ4v) is 6.40. The van der Waals surface area contributed by atoms with Crippen molar-refractivity contribution < 1.29 is 0 Å². The average Bonchev–Trinajstić information content (AvgIpc) is 3.43. The second-order valence-corrected chi connectivity index (χ2v) is 14.5. The maximum absolute atomic E-state index is 2.35. The van der Waals surface area contributed by atoms with Crippen LogP contribution in [0.1, 0.15) is 146 Å². The van der Waals surface area contributed by atoms with E-state index in [4.69, 9.17) is 0 Å². The minimum Gasteiger partial charge on any atom is -0.145 e. The highest BCUT2D eigenvalue weighted by Crippen LogP contribution is 2.32. The second kappa shape index (κ2) is 16.2. The fourth-order valence-electron chi connectivity index (χ4n) is 4.11. The predicted octanol–water partition coefficient (Wildman–Crippen LogP) is 11.8. The van der Waals surface area contributed by atoms with E-state index < -0.39 is 0 Å². The second-order valence-electron chi connectivity index (χ2n) is 12.2. The van der Waals surface area contributed by atoms with Crippen molar-refractivity contribution in [1.29, 1.82) is 0 Å². The Morgan fingerprint density at radius 3 is 1.62 bits per heavy atom. The van der Waals surface area contributed by atoms with E-state index in [1.807, 2.05) is 22.7 Å². The van der Waals surface area contributed by atoms with Gasteiger partial charge >= 0.3 is 0 Å². The van der Waals surface area contributed by atoms with Crippen molar-refractivity contribution in [3.8, 4) is 0 Å². The smallest absolute Gasteiger partial charge is 0.0102 e. The zero-order chi connectivity index (χ0) is 25.6. The van der Waals surface area contributed by atoms with Gasteiger partial charge in [-0.15, -0.1) is 22.7 Å². The highest BCUT2D eigenvalue weighted by atomic mass is 32.1. The van der Waals surface area contributed by atoms with Gasteiger partial charge in [0.15, 0.2) is 0 Å². The van der Waals surface area contributed by atoms with E-state index in [2.05, 4.69) is 86.6 Å². The maximum Gasteiger partial charge on any atom is 0.0102 e. The molecule has 1 atom stereocenters. The number of unbranched alkanes of at least 4 members (excludes halogenated alkanes) is 6. The van der Waals surface area contributed by atoms with E-state index in [0.717, 1.165) is 5.92 Å². The molecule has 34 heavy (non-hydrogen) atoms. The Bertz CT molecular complexity index is 751. The third-order valence-corrected chi connectivity index (χ3v) is 9.72. The molecule has 0 aromatic carbocycles. The van der Waals surface area contributed by atoms with Crippen LogP contribution in [0.3, 0.4) is 0 Å². The Labute approximate surface area is 222 Å². The number of aryl methyl sites for hydroxylation is 1. The van der Waals surface area contributed by atoms with Crippen LogP contribution in [0.5, 0.6) is 0 Å². The number of thiophene rings is 2. The molecule has 0 saturated heterocycles. The lowest BCUT2D eigenvalue weighted by Crippen LogP contribution is -2.07. The summed E-state index contributed by atoms with van der Waals surface area (Å²) >= 11 is 4.03. The van der Waals surface area contributed by atoms with E-state index in [0.29, 0.717) is 10.8 Å². The molecule has 2 aromatic heterocycles. The van der Waals surface area contributed by atoms with Crippen molar-refractivity contribution in [2.45, 2.75) is 150 Å². The third-order valence-electron chi connectivity index (χ3n) is 6.61. The summed E-state index contributed by atoms with van der Waals surface area (Å²) in [5.74, 6) is 0.890. The molecule has 0 saturated carbocycles. The van der Waals surface area contributed by atoms with Crippen LogP contribution in [-0.2, 0) is 23.7 Å². The standard InChI is InChI=1S/2C16H28S/c1-6-8-9-13(7-2)12-14-10-11-15(17-14)16(3,4)5;1-5-6-7-8-9-10-11-14-12-13-15(17-14)16(2,3)4/h10-11,13H,6-9,12H2,1-5H3;12-13H,5-11H2,1-4H3. The van der Waals surface area contributed by atoms with Gasteiger partial charge in [-0.05, 0) is 60.3 Å². The Hall–Kier alpha value is -0.600. The molecule has 0 N–H and O–H groups in total. The Kier molecular flexibility index (Phi) is 15.0. The summed E-state index contributed by atoms with van der Waals surface area (Å²) < 4.78 is 0. The van der Waals surface area contributed by atoms with E-state index >= 15 is 0 Å². The van der Waals surface area contributed by atoms with Crippen molar-refractivity contribution in [3.05, 3.63) is 43.8 Å². The molecule has 2 rings (SSSR count). The van der Waals surface area contributed by atoms with Crippen LogP contribution in [0.2, 0.25) is 0 Å². The van der Waals surface area contributed by atoms with Crippen LogP contribution >= 0.6 is 22.7 Å². The topological polar surface area (TPSA) is 0 Å². The molecule has 0 aliphatic carbocycles. The lowest BCUT2D eigenvalue weighted by Gasteiger charge is -2.16. The zero-order valence-electron chi connectivity index (χ0n) is 24.2. The van der Waals surface area contributed by atoms with Gasteiger partial charge in [0, 0.05) is 19.5 Å². The van der Waals surface area contributed by atoms with E-state index in [1.54, 1.807) is 9.75 Å². The monoisotopic (exact) mass is 504 g/mol. The van der Waals surface area contributed by atoms with Crippen LogP contribution in [0.25, 0.3) is 0 Å². The fraction of sp³-hybridized carbons (Fsp3) is 0.750. The normalized spacial score (nSPS) is 13.0. The predicted molar refractivity (Wildman–Crippen MR) is 160 cm³/mol. The summed E-state index contributed by atoms with van der Waals surface area (Å²) in [6.07, 6.45) is 16.4. The molecule has 2 heteroatoms. The van der Waals surface area contributed by atoms with Crippen molar-refractivity contribution >= 4 is 22.7 Å². The summed E-state index contributed by atoms with van der Waals surface area (Å²) in [5.41, 5.74) is 0.637. The average molecular weight is 505 g/mol. The first-order valence-electron chi connectivity index (χ1n) is 14.2. The van der Waals surface area contributed by atoms with Crippen LogP contribution in [0.4, 0.5) is 0 Å². The lowest BCUT2D eigenvalue weighted by molar-refractivity contribution is 0.452. The molecule has 0 aliphatic heterocycles. The van der Waals surface area contributed by atoms with E-state index in [1.165, 1.54) is 86.8 Å². The largest absolute Gasteiger partial charge is 0.145 e. The first-order valence-corrected chi connectivity index (χ1v) is 15.8. The van der Waals surface area contributed by atoms with Crippen molar-refractivity contribution in [3.63, 3.8) is 0 Å². The molecule has 0 bridgehead atoms. The van der Waals surface area contributed by atoms with Gasteiger partial charge in [0.1, 0.15) is 0 Å². The summed E-state index contributed by atoms with van der Waals surface area (Å²) in [5, 5.41) is 0. The summed E-state index contributed by atoms with van der Waals surface area (Å²) in [6.45, 7) is 20.7. The minimum absolute atomic E-state index is 0.314. The van der Waals surface area contributed by atoms with Crippen molar-refractivity contribution in [2.24, 2.45) is 5.92 Å². The molecule has 0 radical (unpaired) electrons. The summed E-state index contributed by atoms with van der Waals surface area (Å²) in [6, 6.07) is 9.32. The molecular weight excluding hydrogens is 448 g/mol. The van der Waals surface area contributed by atoms with Gasteiger partial charge < -0.3 is 0 Å². The van der Waals surface area contributed by atoms with Gasteiger partial charge in [-0.2, -0.15) is 0 Å². The van der Waals surface area contributed by atoms with Gasteiger partial charge in [0.25, 0.3) is 0 Å². The molecule has 0 fully saturated rings. The van der Waals surface area contributed by atoms with Crippen LogP contribution < -0.4 is 0 Å². The van der Waals surface area contributed by atoms with E-state index in [-0.39, 0.29) is 0 Å². The first-order chi connectivity index (χ1) is 16.0.